The monoisotopic (exact) mass is 378 g/mol. The predicted octanol–water partition coefficient (Wildman–Crippen LogP) is 3.67. The molecule has 11 heteroatoms. The molecule has 26 heavy (non-hydrogen) atoms. The Balaban J connectivity index is 2.63. The van der Waals surface area contributed by atoms with Gasteiger partial charge in [0.2, 0.25) is 11.6 Å². The zero-order chi connectivity index (χ0) is 19.6. The molecule has 1 aromatic heterocycles. The molecular formula is C15H11F5N2O4. The van der Waals surface area contributed by atoms with Gasteiger partial charge in [0.15, 0.2) is 17.3 Å². The molecule has 140 valence electrons. The Morgan fingerprint density at radius 3 is 2.31 bits per heavy atom. The van der Waals surface area contributed by atoms with Crippen LogP contribution >= 0.6 is 0 Å². The lowest BCUT2D eigenvalue weighted by Gasteiger charge is -2.16. The van der Waals surface area contributed by atoms with Crippen molar-refractivity contribution in [1.82, 2.24) is 10.2 Å². The quantitative estimate of drug-likeness (QED) is 0.597. The van der Waals surface area contributed by atoms with Crippen LogP contribution < -0.4 is 9.47 Å². The van der Waals surface area contributed by atoms with Gasteiger partial charge in [0, 0.05) is 5.56 Å². The van der Waals surface area contributed by atoms with Crippen LogP contribution in [0.2, 0.25) is 0 Å². The number of alkyl halides is 3. The fourth-order valence-electron chi connectivity index (χ4n) is 2.07. The van der Waals surface area contributed by atoms with Gasteiger partial charge in [0.05, 0.1) is 14.2 Å². The SMILES string of the molecule is COC(=O)c1c(Oc2ccc(F)c(F)c2OC)nnc(C(F)(F)F)c1C. The first-order valence-corrected chi connectivity index (χ1v) is 6.84. The minimum atomic E-state index is -4.88. The molecule has 0 spiro atoms. The molecule has 0 saturated heterocycles. The van der Waals surface area contributed by atoms with Gasteiger partial charge < -0.3 is 14.2 Å². The van der Waals surface area contributed by atoms with Gasteiger partial charge in [-0.05, 0) is 19.1 Å². The molecule has 2 rings (SSSR count). The highest BCUT2D eigenvalue weighted by Gasteiger charge is 2.38. The van der Waals surface area contributed by atoms with Gasteiger partial charge in [0.1, 0.15) is 5.56 Å². The molecule has 1 heterocycles. The Morgan fingerprint density at radius 2 is 1.77 bits per heavy atom. The number of carbonyl (C=O) groups is 1. The molecule has 2 aromatic rings. The molecule has 0 radical (unpaired) electrons. The van der Waals surface area contributed by atoms with E-state index in [1.54, 1.807) is 0 Å². The Kier molecular flexibility index (Phi) is 5.28. The largest absolute Gasteiger partial charge is 0.490 e. The molecule has 0 aliphatic heterocycles. The highest BCUT2D eigenvalue weighted by atomic mass is 19.4. The Labute approximate surface area is 143 Å². The maximum Gasteiger partial charge on any atom is 0.435 e. The van der Waals surface area contributed by atoms with Gasteiger partial charge in [0.25, 0.3) is 5.88 Å². The Bertz CT molecular complexity index is 855. The van der Waals surface area contributed by atoms with Crippen molar-refractivity contribution in [2.45, 2.75) is 13.1 Å². The summed E-state index contributed by atoms with van der Waals surface area (Å²) in [7, 11) is 1.97. The number of hydrogen-bond donors (Lipinski definition) is 0. The molecule has 0 saturated carbocycles. The van der Waals surface area contributed by atoms with Gasteiger partial charge in [-0.2, -0.15) is 17.6 Å². The topological polar surface area (TPSA) is 70.5 Å². The van der Waals surface area contributed by atoms with Crippen LogP contribution in [0.5, 0.6) is 17.4 Å². The number of methoxy groups -OCH3 is 2. The highest BCUT2D eigenvalue weighted by Crippen LogP contribution is 2.38. The molecule has 0 aliphatic carbocycles. The average Bonchev–Trinajstić information content (AvgIpc) is 2.57. The molecule has 1 aromatic carbocycles. The van der Waals surface area contributed by atoms with Crippen LogP contribution in [0.1, 0.15) is 21.6 Å². The van der Waals surface area contributed by atoms with Gasteiger partial charge in [-0.1, -0.05) is 0 Å². The minimum Gasteiger partial charge on any atom is -0.490 e. The second kappa shape index (κ2) is 7.10. The summed E-state index contributed by atoms with van der Waals surface area (Å²) in [5.74, 6) is -5.59. The lowest BCUT2D eigenvalue weighted by atomic mass is 10.1. The summed E-state index contributed by atoms with van der Waals surface area (Å²) in [5.41, 5.74) is -2.68. The number of hydrogen-bond acceptors (Lipinski definition) is 6. The predicted molar refractivity (Wildman–Crippen MR) is 76.1 cm³/mol. The molecular weight excluding hydrogens is 367 g/mol. The van der Waals surface area contributed by atoms with E-state index in [1.807, 2.05) is 0 Å². The van der Waals surface area contributed by atoms with Crippen molar-refractivity contribution in [2.75, 3.05) is 14.2 Å². The normalized spacial score (nSPS) is 11.2. The van der Waals surface area contributed by atoms with Crippen molar-refractivity contribution in [2.24, 2.45) is 0 Å². The second-order valence-electron chi connectivity index (χ2n) is 4.84. The second-order valence-corrected chi connectivity index (χ2v) is 4.84. The van der Waals surface area contributed by atoms with Crippen LogP contribution in [0, 0.1) is 18.6 Å². The Morgan fingerprint density at radius 1 is 1.12 bits per heavy atom. The van der Waals surface area contributed by atoms with Gasteiger partial charge in [-0.15, -0.1) is 10.2 Å². The van der Waals surface area contributed by atoms with Gasteiger partial charge in [-0.3, -0.25) is 0 Å². The van der Waals surface area contributed by atoms with Crippen molar-refractivity contribution in [3.8, 4) is 17.4 Å². The van der Waals surface area contributed by atoms with E-state index in [-0.39, 0.29) is 0 Å². The summed E-state index contributed by atoms with van der Waals surface area (Å²) < 4.78 is 80.2. The molecule has 0 bridgehead atoms. The summed E-state index contributed by atoms with van der Waals surface area (Å²) in [6.45, 7) is 0.971. The molecule has 0 aliphatic rings. The average molecular weight is 378 g/mol. The fraction of sp³-hybridized carbons (Fsp3) is 0.267. The third-order valence-electron chi connectivity index (χ3n) is 3.27. The van der Waals surface area contributed by atoms with Crippen LogP contribution in [-0.2, 0) is 10.9 Å². The number of nitrogens with zero attached hydrogens (tertiary/aromatic N) is 2. The maximum absolute atomic E-state index is 13.7. The first-order chi connectivity index (χ1) is 12.1. The third-order valence-corrected chi connectivity index (χ3v) is 3.27. The van der Waals surface area contributed by atoms with Gasteiger partial charge in [-0.25, -0.2) is 9.18 Å². The summed E-state index contributed by atoms with van der Waals surface area (Å²) in [4.78, 5) is 11.9. The van der Waals surface area contributed by atoms with Gasteiger partial charge >= 0.3 is 12.1 Å². The standard InChI is InChI=1S/C15H11F5N2O4/c1-6-9(14(23)25-3)13(22-21-12(6)15(18,19)20)26-8-5-4-7(16)10(17)11(8)24-2/h4-5H,1-3H3. The zero-order valence-corrected chi connectivity index (χ0v) is 13.6. The maximum atomic E-state index is 13.7. The number of aromatic nitrogens is 2. The number of halogens is 5. The van der Waals surface area contributed by atoms with Crippen LogP contribution in [0.4, 0.5) is 22.0 Å². The molecule has 0 N–H and O–H groups in total. The van der Waals surface area contributed by atoms with Crippen molar-refractivity contribution >= 4 is 5.97 Å². The lowest BCUT2D eigenvalue weighted by Crippen LogP contribution is -2.17. The number of rotatable bonds is 4. The smallest absolute Gasteiger partial charge is 0.435 e. The molecule has 6 nitrogen and oxygen atoms in total. The van der Waals surface area contributed by atoms with E-state index in [9.17, 15) is 26.7 Å². The third kappa shape index (κ3) is 3.51. The first kappa shape index (κ1) is 19.3. The lowest BCUT2D eigenvalue weighted by molar-refractivity contribution is -0.142. The zero-order valence-electron chi connectivity index (χ0n) is 13.6. The van der Waals surface area contributed by atoms with Crippen LogP contribution in [-0.4, -0.2) is 30.4 Å². The molecule has 0 unspecified atom stereocenters. The number of benzene rings is 1. The summed E-state index contributed by atoms with van der Waals surface area (Å²) in [6, 6.07) is 1.66. The molecule has 0 fully saturated rings. The van der Waals surface area contributed by atoms with Crippen LogP contribution in [0.15, 0.2) is 12.1 Å². The fourth-order valence-corrected chi connectivity index (χ4v) is 2.07. The summed E-state index contributed by atoms with van der Waals surface area (Å²) in [6.07, 6.45) is -4.88. The minimum absolute atomic E-state index is 0.426. The Hall–Kier alpha value is -2.98. The van der Waals surface area contributed by atoms with Crippen LogP contribution in [0.3, 0.4) is 0 Å². The summed E-state index contributed by atoms with van der Waals surface area (Å²) in [5, 5.41) is 6.24. The van der Waals surface area contributed by atoms with E-state index >= 15 is 0 Å². The number of esters is 1. The van der Waals surface area contributed by atoms with E-state index in [4.69, 9.17) is 4.74 Å². The van der Waals surface area contributed by atoms with Crippen molar-refractivity contribution < 1.29 is 41.0 Å². The van der Waals surface area contributed by atoms with Crippen molar-refractivity contribution in [3.63, 3.8) is 0 Å². The number of ether oxygens (including phenoxy) is 3. The van der Waals surface area contributed by atoms with E-state index in [1.165, 1.54) is 0 Å². The van der Waals surface area contributed by atoms with E-state index < -0.39 is 58.0 Å². The van der Waals surface area contributed by atoms with E-state index in [2.05, 4.69) is 19.7 Å². The van der Waals surface area contributed by atoms with E-state index in [0.717, 1.165) is 27.2 Å². The first-order valence-electron chi connectivity index (χ1n) is 6.84. The highest BCUT2D eigenvalue weighted by molar-refractivity contribution is 5.93. The number of carbonyl (C=O) groups excluding carboxylic acids is 1. The van der Waals surface area contributed by atoms with Crippen LogP contribution in [0.25, 0.3) is 0 Å². The molecule has 0 atom stereocenters. The van der Waals surface area contributed by atoms with Crippen molar-refractivity contribution in [3.05, 3.63) is 40.6 Å². The molecule has 0 amide bonds. The summed E-state index contributed by atoms with van der Waals surface area (Å²) >= 11 is 0. The van der Waals surface area contributed by atoms with E-state index in [0.29, 0.717) is 6.07 Å². The van der Waals surface area contributed by atoms with Crippen molar-refractivity contribution in [1.29, 1.82) is 0 Å².